The highest BCUT2D eigenvalue weighted by molar-refractivity contribution is 7.89. The summed E-state index contributed by atoms with van der Waals surface area (Å²) < 4.78 is 81.3. The van der Waals surface area contributed by atoms with Crippen molar-refractivity contribution >= 4 is 10.0 Å². The number of fused-ring (bicyclic) bond motifs is 1. The molecule has 0 radical (unpaired) electrons. The van der Waals surface area contributed by atoms with Crippen LogP contribution in [0.1, 0.15) is 5.56 Å². The van der Waals surface area contributed by atoms with Gasteiger partial charge in [-0.05, 0) is 36.2 Å². The lowest BCUT2D eigenvalue weighted by molar-refractivity contribution is -0.136. The molecule has 0 N–H and O–H groups in total. The smallest absolute Gasteiger partial charge is 0.402 e. The van der Waals surface area contributed by atoms with E-state index in [0.717, 1.165) is 0 Å². The predicted molar refractivity (Wildman–Crippen MR) is 98.9 cm³/mol. The number of rotatable bonds is 7. The summed E-state index contributed by atoms with van der Waals surface area (Å²) in [6, 6.07) is 10.5. The van der Waals surface area contributed by atoms with Gasteiger partial charge in [-0.2, -0.15) is 17.5 Å². The summed E-state index contributed by atoms with van der Waals surface area (Å²) in [5.41, 5.74) is 0.690. The van der Waals surface area contributed by atoms with E-state index in [9.17, 15) is 21.6 Å². The van der Waals surface area contributed by atoms with Crippen LogP contribution < -0.4 is 14.2 Å². The molecule has 1 aliphatic rings. The third-order valence-corrected chi connectivity index (χ3v) is 6.16. The summed E-state index contributed by atoms with van der Waals surface area (Å²) in [6.07, 6.45) is -4.56. The van der Waals surface area contributed by atoms with Crippen molar-refractivity contribution in [3.63, 3.8) is 0 Å². The first-order valence-corrected chi connectivity index (χ1v) is 10.2. The van der Waals surface area contributed by atoms with Gasteiger partial charge < -0.3 is 14.2 Å². The average Bonchev–Trinajstić information content (AvgIpc) is 2.70. The Bertz CT molecular complexity index is 945. The van der Waals surface area contributed by atoms with Crippen LogP contribution in [0.5, 0.6) is 17.2 Å². The molecule has 0 fully saturated rings. The normalized spacial score (nSPS) is 14.1. The fourth-order valence-electron chi connectivity index (χ4n) is 2.86. The molecule has 0 aromatic heterocycles. The lowest BCUT2D eigenvalue weighted by atomic mass is 10.1. The molecule has 10 heteroatoms. The van der Waals surface area contributed by atoms with Gasteiger partial charge in [-0.1, -0.05) is 12.1 Å². The van der Waals surface area contributed by atoms with Crippen molar-refractivity contribution in [1.82, 2.24) is 4.31 Å². The molecule has 0 saturated carbocycles. The third kappa shape index (κ3) is 5.33. The summed E-state index contributed by atoms with van der Waals surface area (Å²) >= 11 is 0. The molecule has 0 amide bonds. The van der Waals surface area contributed by atoms with Crippen LogP contribution in [-0.4, -0.2) is 52.3 Å². The van der Waals surface area contributed by atoms with Gasteiger partial charge in [0.05, 0.1) is 12.0 Å². The van der Waals surface area contributed by atoms with E-state index >= 15 is 0 Å². The molecular weight excluding hydrogens is 411 g/mol. The topological polar surface area (TPSA) is 65.1 Å². The molecule has 0 spiro atoms. The van der Waals surface area contributed by atoms with E-state index in [1.165, 1.54) is 25.3 Å². The summed E-state index contributed by atoms with van der Waals surface area (Å²) in [5.74, 6) is 1.15. The highest BCUT2D eigenvalue weighted by Crippen LogP contribution is 2.33. The van der Waals surface area contributed by atoms with Gasteiger partial charge >= 0.3 is 6.18 Å². The molecule has 1 heterocycles. The second kappa shape index (κ2) is 8.50. The second-order valence-corrected chi connectivity index (χ2v) is 8.30. The van der Waals surface area contributed by atoms with Crippen LogP contribution in [0.25, 0.3) is 0 Å². The molecule has 0 unspecified atom stereocenters. The van der Waals surface area contributed by atoms with Crippen LogP contribution in [0.3, 0.4) is 0 Å². The lowest BCUT2D eigenvalue weighted by Crippen LogP contribution is -2.40. The number of alkyl halides is 3. The Morgan fingerprint density at radius 3 is 2.31 bits per heavy atom. The number of sulfonamides is 1. The number of nitrogens with zero attached hydrogens (tertiary/aromatic N) is 1. The molecule has 0 atom stereocenters. The molecule has 6 nitrogen and oxygen atoms in total. The zero-order chi connectivity index (χ0) is 21.1. The van der Waals surface area contributed by atoms with Crippen LogP contribution >= 0.6 is 0 Å². The van der Waals surface area contributed by atoms with E-state index in [1.807, 2.05) is 0 Å². The van der Waals surface area contributed by atoms with Crippen molar-refractivity contribution in [2.75, 3.05) is 33.4 Å². The summed E-state index contributed by atoms with van der Waals surface area (Å²) in [4.78, 5) is -0.277. The van der Waals surface area contributed by atoms with Crippen LogP contribution in [0.2, 0.25) is 0 Å². The number of hydrogen-bond donors (Lipinski definition) is 0. The zero-order valence-electron chi connectivity index (χ0n) is 15.6. The first kappa shape index (κ1) is 21.3. The molecular formula is C19H20F3NO5S. The average molecular weight is 431 g/mol. The third-order valence-electron chi connectivity index (χ3n) is 4.32. The zero-order valence-corrected chi connectivity index (χ0v) is 16.4. The van der Waals surface area contributed by atoms with E-state index < -0.39 is 22.7 Å². The van der Waals surface area contributed by atoms with Gasteiger partial charge in [0, 0.05) is 12.6 Å². The van der Waals surface area contributed by atoms with E-state index in [-0.39, 0.29) is 30.2 Å². The van der Waals surface area contributed by atoms with Gasteiger partial charge in [0.15, 0.2) is 11.5 Å². The Hall–Kier alpha value is -2.46. The molecule has 2 aromatic carbocycles. The maximum Gasteiger partial charge on any atom is 0.402 e. The molecule has 0 saturated heterocycles. The molecule has 0 aliphatic carbocycles. The van der Waals surface area contributed by atoms with Gasteiger partial charge in [-0.25, -0.2) is 8.42 Å². The highest BCUT2D eigenvalue weighted by Gasteiger charge is 2.37. The standard InChI is InChI=1S/C19H20F3NO5S/c1-26-15-4-2-14(3-5-15)8-9-23(13-19(20,21)22)29(24,25)16-6-7-17-18(12-16)28-11-10-27-17/h2-7,12H,8-11,13H2,1H3. The van der Waals surface area contributed by atoms with E-state index in [4.69, 9.17) is 14.2 Å². The monoisotopic (exact) mass is 431 g/mol. The van der Waals surface area contributed by atoms with E-state index in [0.29, 0.717) is 28.0 Å². The lowest BCUT2D eigenvalue weighted by Gasteiger charge is -2.25. The molecule has 29 heavy (non-hydrogen) atoms. The predicted octanol–water partition coefficient (Wildman–Crippen LogP) is 3.26. The van der Waals surface area contributed by atoms with Crippen LogP contribution in [0.15, 0.2) is 47.4 Å². The molecule has 3 rings (SSSR count). The fourth-order valence-corrected chi connectivity index (χ4v) is 4.31. The fraction of sp³-hybridized carbons (Fsp3) is 0.368. The van der Waals surface area contributed by atoms with Crippen LogP contribution in [0.4, 0.5) is 13.2 Å². The Balaban J connectivity index is 1.84. The second-order valence-electron chi connectivity index (χ2n) is 6.36. The summed E-state index contributed by atoms with van der Waals surface area (Å²) in [6.45, 7) is -1.36. The van der Waals surface area contributed by atoms with Gasteiger partial charge in [0.1, 0.15) is 25.5 Å². The van der Waals surface area contributed by atoms with Gasteiger partial charge in [0.25, 0.3) is 0 Å². The minimum atomic E-state index is -4.68. The largest absolute Gasteiger partial charge is 0.497 e. The minimum Gasteiger partial charge on any atom is -0.497 e. The SMILES string of the molecule is COc1ccc(CCN(CC(F)(F)F)S(=O)(=O)c2ccc3c(c2)OCCO3)cc1. The maximum atomic E-state index is 13.1. The molecule has 1 aliphatic heterocycles. The Kier molecular flexibility index (Phi) is 6.23. The first-order chi connectivity index (χ1) is 13.7. The first-order valence-electron chi connectivity index (χ1n) is 8.78. The summed E-state index contributed by atoms with van der Waals surface area (Å²) in [7, 11) is -2.90. The number of halogens is 3. The van der Waals surface area contributed by atoms with Crippen molar-refractivity contribution < 1.29 is 35.8 Å². The maximum absolute atomic E-state index is 13.1. The molecule has 2 aromatic rings. The van der Waals surface area contributed by atoms with Crippen molar-refractivity contribution in [2.24, 2.45) is 0 Å². The Morgan fingerprint density at radius 1 is 1.03 bits per heavy atom. The quantitative estimate of drug-likeness (QED) is 0.673. The summed E-state index contributed by atoms with van der Waals surface area (Å²) in [5, 5.41) is 0. The van der Waals surface area contributed by atoms with Crippen molar-refractivity contribution in [3.8, 4) is 17.2 Å². The van der Waals surface area contributed by atoms with E-state index in [2.05, 4.69) is 0 Å². The van der Waals surface area contributed by atoms with Gasteiger partial charge in [-0.3, -0.25) is 0 Å². The van der Waals surface area contributed by atoms with Crippen molar-refractivity contribution in [2.45, 2.75) is 17.5 Å². The van der Waals surface area contributed by atoms with Gasteiger partial charge in [-0.15, -0.1) is 0 Å². The minimum absolute atomic E-state index is 0.115. The van der Waals surface area contributed by atoms with Crippen molar-refractivity contribution in [1.29, 1.82) is 0 Å². The molecule has 158 valence electrons. The van der Waals surface area contributed by atoms with E-state index in [1.54, 1.807) is 24.3 Å². The number of ether oxygens (including phenoxy) is 3. The highest BCUT2D eigenvalue weighted by atomic mass is 32.2. The number of hydrogen-bond acceptors (Lipinski definition) is 5. The Labute approximate surface area is 166 Å². The van der Waals surface area contributed by atoms with Crippen LogP contribution in [-0.2, 0) is 16.4 Å². The van der Waals surface area contributed by atoms with Crippen molar-refractivity contribution in [3.05, 3.63) is 48.0 Å². The number of methoxy groups -OCH3 is 1. The molecule has 0 bridgehead atoms. The van der Waals surface area contributed by atoms with Gasteiger partial charge in [0.2, 0.25) is 10.0 Å². The number of benzene rings is 2. The van der Waals surface area contributed by atoms with Crippen LogP contribution in [0, 0.1) is 0 Å². The Morgan fingerprint density at radius 2 is 1.69 bits per heavy atom.